The zero-order valence-corrected chi connectivity index (χ0v) is 6.43. The van der Waals surface area contributed by atoms with E-state index in [2.05, 4.69) is 0 Å². The second-order valence-electron chi connectivity index (χ2n) is 3.21. The van der Waals surface area contributed by atoms with Crippen LogP contribution in [0.2, 0.25) is 0 Å². The van der Waals surface area contributed by atoms with Crippen molar-refractivity contribution in [2.75, 3.05) is 0 Å². The molecule has 0 saturated heterocycles. The van der Waals surface area contributed by atoms with Gasteiger partial charge in [0, 0.05) is 0 Å². The van der Waals surface area contributed by atoms with Crippen molar-refractivity contribution < 1.29 is 23.1 Å². The lowest BCUT2D eigenvalue weighted by Gasteiger charge is -2.15. The summed E-state index contributed by atoms with van der Waals surface area (Å²) in [6.45, 7) is 1.62. The van der Waals surface area contributed by atoms with Crippen LogP contribution in [0.4, 0.5) is 13.2 Å². The van der Waals surface area contributed by atoms with Gasteiger partial charge in [-0.3, -0.25) is 0 Å². The van der Waals surface area contributed by atoms with Crippen molar-refractivity contribution in [2.24, 2.45) is 11.8 Å². The van der Waals surface area contributed by atoms with Crippen LogP contribution in [0.5, 0.6) is 0 Å². The predicted molar refractivity (Wildman–Crippen MR) is 34.7 cm³/mol. The molecule has 0 aromatic rings. The van der Waals surface area contributed by atoms with E-state index in [4.69, 9.17) is 5.11 Å². The zero-order valence-electron chi connectivity index (χ0n) is 6.43. The molecule has 3 unspecified atom stereocenters. The first-order chi connectivity index (χ1) is 5.37. The quantitative estimate of drug-likeness (QED) is 0.721. The van der Waals surface area contributed by atoms with Gasteiger partial charge in [0.05, 0.1) is 0 Å². The number of alkyl halides is 3. The molecule has 1 N–H and O–H groups in total. The number of carboxylic acids is 1. The molecule has 0 radical (unpaired) electrons. The molecule has 0 aromatic carbocycles. The molecule has 1 rings (SSSR count). The third-order valence-corrected chi connectivity index (χ3v) is 2.18. The van der Waals surface area contributed by atoms with E-state index in [1.165, 1.54) is 0 Å². The fourth-order valence-corrected chi connectivity index (χ4v) is 1.15. The summed E-state index contributed by atoms with van der Waals surface area (Å²) >= 11 is 0. The first kappa shape index (κ1) is 9.35. The molecule has 0 aliphatic heterocycles. The Hall–Kier alpha value is -0.740. The van der Waals surface area contributed by atoms with Crippen molar-refractivity contribution in [3.05, 3.63) is 0 Å². The molecule has 0 heterocycles. The highest BCUT2D eigenvalue weighted by Crippen LogP contribution is 2.46. The summed E-state index contributed by atoms with van der Waals surface area (Å²) in [7, 11) is 0. The third-order valence-electron chi connectivity index (χ3n) is 2.18. The van der Waals surface area contributed by atoms with Crippen molar-refractivity contribution in [2.45, 2.75) is 25.4 Å². The number of hydrogen-bond donors (Lipinski definition) is 1. The molecular weight excluding hydrogens is 173 g/mol. The molecule has 0 amide bonds. The third kappa shape index (κ3) is 1.40. The Morgan fingerprint density at radius 3 is 2.33 bits per heavy atom. The van der Waals surface area contributed by atoms with Crippen LogP contribution in [-0.4, -0.2) is 23.2 Å². The van der Waals surface area contributed by atoms with E-state index >= 15 is 0 Å². The molecule has 0 aromatic heterocycles. The van der Waals surface area contributed by atoms with Crippen LogP contribution < -0.4 is 0 Å². The van der Waals surface area contributed by atoms with E-state index in [0.717, 1.165) is 0 Å². The smallest absolute Gasteiger partial charge is 0.377 e. The summed E-state index contributed by atoms with van der Waals surface area (Å²) in [5, 5.41) is 7.98. The second-order valence-corrected chi connectivity index (χ2v) is 3.21. The van der Waals surface area contributed by atoms with Gasteiger partial charge in [0.2, 0.25) is 0 Å². The minimum atomic E-state index is -4.23. The molecule has 0 bridgehead atoms. The highest BCUT2D eigenvalue weighted by atomic mass is 19.3. The Kier molecular flexibility index (Phi) is 2.06. The lowest BCUT2D eigenvalue weighted by Crippen LogP contribution is -2.40. The van der Waals surface area contributed by atoms with Gasteiger partial charge in [0.15, 0.2) is 6.17 Å². The van der Waals surface area contributed by atoms with Gasteiger partial charge in [-0.05, 0) is 18.3 Å². The van der Waals surface area contributed by atoms with Crippen molar-refractivity contribution in [1.82, 2.24) is 0 Å². The maximum absolute atomic E-state index is 12.7. The topological polar surface area (TPSA) is 37.3 Å². The molecule has 0 spiro atoms. The van der Waals surface area contributed by atoms with Gasteiger partial charge in [0.1, 0.15) is 0 Å². The Labute approximate surface area is 67.4 Å². The van der Waals surface area contributed by atoms with Crippen LogP contribution in [0.3, 0.4) is 0 Å². The van der Waals surface area contributed by atoms with Gasteiger partial charge < -0.3 is 5.11 Å². The van der Waals surface area contributed by atoms with Crippen molar-refractivity contribution in [3.8, 4) is 0 Å². The number of aliphatic carboxylic acids is 1. The largest absolute Gasteiger partial charge is 0.477 e. The average Bonchev–Trinajstić information content (AvgIpc) is 2.65. The van der Waals surface area contributed by atoms with E-state index in [1.807, 2.05) is 0 Å². The van der Waals surface area contributed by atoms with Crippen LogP contribution >= 0.6 is 0 Å². The highest BCUT2D eigenvalue weighted by Gasteiger charge is 2.57. The fourth-order valence-electron chi connectivity index (χ4n) is 1.15. The van der Waals surface area contributed by atoms with Gasteiger partial charge in [0.25, 0.3) is 0 Å². The molecule has 1 fully saturated rings. The van der Waals surface area contributed by atoms with Crippen LogP contribution in [0.1, 0.15) is 13.3 Å². The second kappa shape index (κ2) is 2.64. The minimum absolute atomic E-state index is 0.120. The number of carboxylic acid groups (broad SMARTS) is 1. The molecule has 5 heteroatoms. The molecule has 1 saturated carbocycles. The first-order valence-electron chi connectivity index (χ1n) is 3.62. The summed E-state index contributed by atoms with van der Waals surface area (Å²) < 4.78 is 37.6. The van der Waals surface area contributed by atoms with Gasteiger partial charge in [-0.1, -0.05) is 6.92 Å². The van der Waals surface area contributed by atoms with Crippen LogP contribution in [0.25, 0.3) is 0 Å². The van der Waals surface area contributed by atoms with E-state index in [-0.39, 0.29) is 5.92 Å². The summed E-state index contributed by atoms with van der Waals surface area (Å²) in [5.74, 6) is -7.51. The lowest BCUT2D eigenvalue weighted by molar-refractivity contribution is -0.176. The van der Waals surface area contributed by atoms with E-state index in [1.54, 1.807) is 6.92 Å². The average molecular weight is 182 g/mol. The molecule has 2 nitrogen and oxygen atoms in total. The molecule has 1 aliphatic carbocycles. The Morgan fingerprint density at radius 2 is 2.08 bits per heavy atom. The first-order valence-corrected chi connectivity index (χ1v) is 3.62. The highest BCUT2D eigenvalue weighted by molar-refractivity contribution is 5.76. The van der Waals surface area contributed by atoms with Crippen LogP contribution in [0, 0.1) is 11.8 Å². The van der Waals surface area contributed by atoms with Gasteiger partial charge in [-0.2, -0.15) is 8.78 Å². The van der Waals surface area contributed by atoms with E-state index in [9.17, 15) is 18.0 Å². The Bertz CT molecular complexity index is 205. The summed E-state index contributed by atoms with van der Waals surface area (Å²) in [6.07, 6.45) is -2.19. The predicted octanol–water partition coefficient (Wildman–Crippen LogP) is 1.70. The normalized spacial score (nSPS) is 31.3. The van der Waals surface area contributed by atoms with Crippen molar-refractivity contribution in [1.29, 1.82) is 0 Å². The summed E-state index contributed by atoms with van der Waals surface area (Å²) in [5.41, 5.74) is 0. The van der Waals surface area contributed by atoms with E-state index in [0.29, 0.717) is 6.42 Å². The summed E-state index contributed by atoms with van der Waals surface area (Å²) in [6, 6.07) is 0. The van der Waals surface area contributed by atoms with Crippen LogP contribution in [0.15, 0.2) is 0 Å². The monoisotopic (exact) mass is 182 g/mol. The standard InChI is InChI=1S/C7H9F3O2/c1-3-2-4(3)5(8)7(9,10)6(11)12/h3-5H,2H2,1H3,(H,11,12). The number of hydrogen-bond acceptors (Lipinski definition) is 1. The number of halogens is 3. The molecule has 3 atom stereocenters. The molecule has 1 aliphatic rings. The fraction of sp³-hybridized carbons (Fsp3) is 0.857. The molecular formula is C7H9F3O2. The maximum Gasteiger partial charge on any atom is 0.377 e. The number of carbonyl (C=O) groups is 1. The van der Waals surface area contributed by atoms with Gasteiger partial charge in [-0.25, -0.2) is 9.18 Å². The van der Waals surface area contributed by atoms with Crippen molar-refractivity contribution in [3.63, 3.8) is 0 Å². The SMILES string of the molecule is CC1CC1C(F)C(F)(F)C(=O)O. The van der Waals surface area contributed by atoms with Gasteiger partial charge >= 0.3 is 11.9 Å². The Balaban J connectivity index is 2.62. The molecule has 12 heavy (non-hydrogen) atoms. The van der Waals surface area contributed by atoms with Crippen LogP contribution in [-0.2, 0) is 4.79 Å². The summed E-state index contributed by atoms with van der Waals surface area (Å²) in [4.78, 5) is 9.91. The lowest BCUT2D eigenvalue weighted by atomic mass is 10.1. The molecule has 70 valence electrons. The van der Waals surface area contributed by atoms with E-state index < -0.39 is 24.0 Å². The maximum atomic E-state index is 12.7. The number of rotatable bonds is 3. The minimum Gasteiger partial charge on any atom is -0.477 e. The zero-order chi connectivity index (χ0) is 9.52. The van der Waals surface area contributed by atoms with Gasteiger partial charge in [-0.15, -0.1) is 0 Å². The van der Waals surface area contributed by atoms with Crippen molar-refractivity contribution >= 4 is 5.97 Å². The Morgan fingerprint density at radius 1 is 1.67 bits per heavy atom.